The molecule has 1 N–H and O–H groups in total. The summed E-state index contributed by atoms with van der Waals surface area (Å²) in [5.41, 5.74) is 0.502. The minimum absolute atomic E-state index is 0.502. The molecule has 0 aromatic heterocycles. The van der Waals surface area contributed by atoms with Crippen molar-refractivity contribution in [2.45, 2.75) is 31.7 Å². The van der Waals surface area contributed by atoms with Gasteiger partial charge in [-0.3, -0.25) is 0 Å². The van der Waals surface area contributed by atoms with Gasteiger partial charge in [-0.1, -0.05) is 6.42 Å². The molecule has 10 heavy (non-hydrogen) atoms. The van der Waals surface area contributed by atoms with Gasteiger partial charge in [0.2, 0.25) is 0 Å². The van der Waals surface area contributed by atoms with Crippen LogP contribution in [0.3, 0.4) is 0 Å². The molecule has 2 fully saturated rings. The smallest absolute Gasteiger partial charge is 0.0295 e. The van der Waals surface area contributed by atoms with E-state index >= 15 is 0 Å². The lowest BCUT2D eigenvalue weighted by atomic mass is 9.85. The van der Waals surface area contributed by atoms with E-state index in [4.69, 9.17) is 11.6 Å². The Morgan fingerprint density at radius 2 is 2.40 bits per heavy atom. The molecule has 0 spiro atoms. The lowest BCUT2D eigenvalue weighted by Crippen LogP contribution is -2.32. The summed E-state index contributed by atoms with van der Waals surface area (Å²) in [5.74, 6) is 0.866. The van der Waals surface area contributed by atoms with Gasteiger partial charge in [-0.25, -0.2) is 0 Å². The number of rotatable bonds is 1. The fourth-order valence-electron chi connectivity index (χ4n) is 2.48. The van der Waals surface area contributed by atoms with Crippen molar-refractivity contribution in [3.8, 4) is 0 Å². The molecule has 1 heterocycles. The van der Waals surface area contributed by atoms with Gasteiger partial charge in [0.1, 0.15) is 0 Å². The van der Waals surface area contributed by atoms with E-state index in [1.807, 2.05) is 0 Å². The summed E-state index contributed by atoms with van der Waals surface area (Å²) in [4.78, 5) is 0. The maximum absolute atomic E-state index is 5.96. The second-order valence-electron chi connectivity index (χ2n) is 3.64. The zero-order valence-electron chi connectivity index (χ0n) is 6.20. The standard InChI is InChI=1S/C8H14ClN/c9-6-8-3-1-2-7(8)10-5-4-8/h7,10H,1-6H2. The van der Waals surface area contributed by atoms with Gasteiger partial charge >= 0.3 is 0 Å². The van der Waals surface area contributed by atoms with Crippen molar-refractivity contribution >= 4 is 11.6 Å². The predicted octanol–water partition coefficient (Wildman–Crippen LogP) is 1.76. The van der Waals surface area contributed by atoms with E-state index in [9.17, 15) is 0 Å². The normalized spacial score (nSPS) is 45.9. The zero-order chi connectivity index (χ0) is 7.03. The summed E-state index contributed by atoms with van der Waals surface area (Å²) in [6.45, 7) is 1.19. The molecule has 58 valence electrons. The molecule has 1 saturated carbocycles. The summed E-state index contributed by atoms with van der Waals surface area (Å²) in [6.07, 6.45) is 5.40. The molecule has 2 aliphatic rings. The Labute approximate surface area is 67.1 Å². The Kier molecular flexibility index (Phi) is 1.65. The Morgan fingerprint density at radius 3 is 3.10 bits per heavy atom. The third-order valence-electron chi connectivity index (χ3n) is 3.19. The highest BCUT2D eigenvalue weighted by Crippen LogP contribution is 2.45. The van der Waals surface area contributed by atoms with Gasteiger partial charge in [-0.05, 0) is 25.8 Å². The fraction of sp³-hybridized carbons (Fsp3) is 1.00. The van der Waals surface area contributed by atoms with Crippen molar-refractivity contribution in [3.05, 3.63) is 0 Å². The summed E-state index contributed by atoms with van der Waals surface area (Å²) < 4.78 is 0. The SMILES string of the molecule is ClCC12CCCC1NCC2. The Bertz CT molecular complexity index is 125. The molecule has 1 nitrogen and oxygen atoms in total. The molecule has 0 amide bonds. The van der Waals surface area contributed by atoms with Crippen LogP contribution in [0.2, 0.25) is 0 Å². The Hall–Kier alpha value is 0.250. The number of alkyl halides is 1. The highest BCUT2D eigenvalue weighted by Gasteiger charge is 2.45. The first-order valence-electron chi connectivity index (χ1n) is 4.17. The number of hydrogen-bond donors (Lipinski definition) is 1. The summed E-state index contributed by atoms with van der Waals surface area (Å²) in [5, 5.41) is 3.53. The average molecular weight is 160 g/mol. The van der Waals surface area contributed by atoms with Crippen LogP contribution in [0.5, 0.6) is 0 Å². The molecule has 0 aromatic carbocycles. The lowest BCUT2D eigenvalue weighted by molar-refractivity contribution is 0.331. The van der Waals surface area contributed by atoms with Gasteiger partial charge in [0.25, 0.3) is 0 Å². The van der Waals surface area contributed by atoms with Crippen molar-refractivity contribution in [1.82, 2.24) is 5.32 Å². The van der Waals surface area contributed by atoms with Gasteiger partial charge in [-0.2, -0.15) is 0 Å². The van der Waals surface area contributed by atoms with E-state index in [2.05, 4.69) is 5.32 Å². The van der Waals surface area contributed by atoms with Crippen molar-refractivity contribution in [2.75, 3.05) is 12.4 Å². The number of halogens is 1. The quantitative estimate of drug-likeness (QED) is 0.575. The van der Waals surface area contributed by atoms with Crippen LogP contribution in [0.15, 0.2) is 0 Å². The fourth-order valence-corrected chi connectivity index (χ4v) is 2.93. The minimum Gasteiger partial charge on any atom is -0.313 e. The second-order valence-corrected chi connectivity index (χ2v) is 3.91. The molecular formula is C8H14ClN. The molecule has 1 aliphatic carbocycles. The zero-order valence-corrected chi connectivity index (χ0v) is 6.95. The van der Waals surface area contributed by atoms with Gasteiger partial charge in [-0.15, -0.1) is 11.6 Å². The number of fused-ring (bicyclic) bond motifs is 1. The third-order valence-corrected chi connectivity index (χ3v) is 3.72. The summed E-state index contributed by atoms with van der Waals surface area (Å²) in [7, 11) is 0. The summed E-state index contributed by atoms with van der Waals surface area (Å²) in [6, 6.07) is 0.755. The Balaban J connectivity index is 2.15. The van der Waals surface area contributed by atoms with Crippen molar-refractivity contribution in [1.29, 1.82) is 0 Å². The predicted molar refractivity (Wildman–Crippen MR) is 43.4 cm³/mol. The van der Waals surface area contributed by atoms with Crippen LogP contribution in [0.25, 0.3) is 0 Å². The van der Waals surface area contributed by atoms with Crippen LogP contribution >= 0.6 is 11.6 Å². The van der Waals surface area contributed by atoms with Crippen LogP contribution in [-0.2, 0) is 0 Å². The summed E-state index contributed by atoms with van der Waals surface area (Å²) >= 11 is 5.96. The average Bonchev–Trinajstić information content (AvgIpc) is 2.42. The van der Waals surface area contributed by atoms with E-state index < -0.39 is 0 Å². The first-order chi connectivity index (χ1) is 4.87. The van der Waals surface area contributed by atoms with Gasteiger partial charge in [0.05, 0.1) is 0 Å². The maximum atomic E-state index is 5.96. The molecule has 0 bridgehead atoms. The van der Waals surface area contributed by atoms with Crippen LogP contribution in [0.1, 0.15) is 25.7 Å². The molecule has 1 aliphatic heterocycles. The van der Waals surface area contributed by atoms with E-state index in [1.165, 1.54) is 32.2 Å². The second kappa shape index (κ2) is 2.38. The third kappa shape index (κ3) is 0.802. The molecule has 2 rings (SSSR count). The topological polar surface area (TPSA) is 12.0 Å². The van der Waals surface area contributed by atoms with E-state index in [-0.39, 0.29) is 0 Å². The molecule has 2 unspecified atom stereocenters. The molecule has 2 heteroatoms. The number of hydrogen-bond acceptors (Lipinski definition) is 1. The van der Waals surface area contributed by atoms with E-state index in [0.29, 0.717) is 5.41 Å². The van der Waals surface area contributed by atoms with Crippen molar-refractivity contribution in [2.24, 2.45) is 5.41 Å². The molecule has 2 atom stereocenters. The van der Waals surface area contributed by atoms with Gasteiger partial charge in [0, 0.05) is 17.3 Å². The Morgan fingerprint density at radius 1 is 1.50 bits per heavy atom. The van der Waals surface area contributed by atoms with Crippen molar-refractivity contribution < 1.29 is 0 Å². The highest BCUT2D eigenvalue weighted by molar-refractivity contribution is 6.18. The molecule has 1 saturated heterocycles. The van der Waals surface area contributed by atoms with Crippen LogP contribution < -0.4 is 5.32 Å². The molecular weight excluding hydrogens is 146 g/mol. The van der Waals surface area contributed by atoms with Crippen molar-refractivity contribution in [3.63, 3.8) is 0 Å². The van der Waals surface area contributed by atoms with Crippen LogP contribution in [0.4, 0.5) is 0 Å². The molecule has 0 radical (unpaired) electrons. The van der Waals surface area contributed by atoms with E-state index in [0.717, 1.165) is 11.9 Å². The van der Waals surface area contributed by atoms with Gasteiger partial charge < -0.3 is 5.32 Å². The monoisotopic (exact) mass is 159 g/mol. The molecule has 0 aromatic rings. The van der Waals surface area contributed by atoms with Gasteiger partial charge in [0.15, 0.2) is 0 Å². The van der Waals surface area contributed by atoms with Crippen LogP contribution in [0, 0.1) is 5.41 Å². The minimum atomic E-state index is 0.502. The first-order valence-corrected chi connectivity index (χ1v) is 4.70. The highest BCUT2D eigenvalue weighted by atomic mass is 35.5. The largest absolute Gasteiger partial charge is 0.313 e. The number of nitrogens with one attached hydrogen (secondary N) is 1. The lowest BCUT2D eigenvalue weighted by Gasteiger charge is -2.25. The van der Waals surface area contributed by atoms with E-state index in [1.54, 1.807) is 0 Å². The van der Waals surface area contributed by atoms with Crippen LogP contribution in [-0.4, -0.2) is 18.5 Å². The first kappa shape index (κ1) is 6.93. The maximum Gasteiger partial charge on any atom is 0.0295 e.